The Labute approximate surface area is 168 Å². The van der Waals surface area contributed by atoms with E-state index in [2.05, 4.69) is 23.2 Å². The molecule has 1 aromatic heterocycles. The lowest BCUT2D eigenvalue weighted by molar-refractivity contribution is -0.116. The molecule has 0 spiro atoms. The summed E-state index contributed by atoms with van der Waals surface area (Å²) in [6, 6.07) is 15.8. The predicted molar refractivity (Wildman–Crippen MR) is 113 cm³/mol. The molecule has 0 fully saturated rings. The lowest BCUT2D eigenvalue weighted by atomic mass is 10.0. The maximum Gasteiger partial charge on any atom is 0.237 e. The van der Waals surface area contributed by atoms with Crippen LogP contribution in [0.25, 0.3) is 11.4 Å². The zero-order valence-corrected chi connectivity index (χ0v) is 16.7. The standard InChI is InChI=1S/C21H23N5OS/c1-2-25-20(16-9-11-17(22)12-10-16)23-24-21(25)28-14-19(27)26-13-5-7-15-6-3-4-8-18(15)26/h3-4,6,8-12H,2,5,7,13-14,22H2,1H3. The number of carbonyl (C=O) groups excluding carboxylic acids is 1. The van der Waals surface area contributed by atoms with Gasteiger partial charge in [-0.25, -0.2) is 0 Å². The number of anilines is 2. The molecule has 0 atom stereocenters. The molecule has 7 heteroatoms. The van der Waals surface area contributed by atoms with Gasteiger partial charge in [0.25, 0.3) is 0 Å². The average Bonchev–Trinajstić information content (AvgIpc) is 3.15. The van der Waals surface area contributed by atoms with Crippen LogP contribution >= 0.6 is 11.8 Å². The Balaban J connectivity index is 1.50. The number of fused-ring (bicyclic) bond motifs is 1. The zero-order valence-electron chi connectivity index (χ0n) is 15.8. The number of benzene rings is 2. The van der Waals surface area contributed by atoms with Crippen molar-refractivity contribution < 1.29 is 4.79 Å². The van der Waals surface area contributed by atoms with E-state index in [4.69, 9.17) is 5.73 Å². The summed E-state index contributed by atoms with van der Waals surface area (Å²) in [5, 5.41) is 9.42. The van der Waals surface area contributed by atoms with Gasteiger partial charge in [-0.3, -0.25) is 4.79 Å². The Hall–Kier alpha value is -2.80. The Bertz CT molecular complexity index is 983. The number of amides is 1. The summed E-state index contributed by atoms with van der Waals surface area (Å²) in [6.45, 7) is 3.56. The molecule has 1 aliphatic heterocycles. The van der Waals surface area contributed by atoms with Gasteiger partial charge in [-0.15, -0.1) is 10.2 Å². The molecule has 0 aliphatic carbocycles. The Morgan fingerprint density at radius 3 is 2.71 bits per heavy atom. The SMILES string of the molecule is CCn1c(SCC(=O)N2CCCc3ccccc32)nnc1-c1ccc(N)cc1. The van der Waals surface area contributed by atoms with E-state index in [-0.39, 0.29) is 5.91 Å². The van der Waals surface area contributed by atoms with Crippen LogP contribution in [0, 0.1) is 0 Å². The van der Waals surface area contributed by atoms with E-state index in [0.29, 0.717) is 11.4 Å². The summed E-state index contributed by atoms with van der Waals surface area (Å²) < 4.78 is 2.04. The fourth-order valence-electron chi connectivity index (χ4n) is 3.52. The van der Waals surface area contributed by atoms with Crippen molar-refractivity contribution >= 4 is 29.0 Å². The van der Waals surface area contributed by atoms with Gasteiger partial charge in [0.1, 0.15) is 0 Å². The number of para-hydroxylation sites is 1. The van der Waals surface area contributed by atoms with Gasteiger partial charge < -0.3 is 15.2 Å². The van der Waals surface area contributed by atoms with Crippen LogP contribution in [0.2, 0.25) is 0 Å². The monoisotopic (exact) mass is 393 g/mol. The summed E-state index contributed by atoms with van der Waals surface area (Å²) in [5.41, 5.74) is 9.74. The maximum atomic E-state index is 12.9. The average molecular weight is 394 g/mol. The van der Waals surface area contributed by atoms with Crippen LogP contribution in [-0.2, 0) is 17.8 Å². The summed E-state index contributed by atoms with van der Waals surface area (Å²) >= 11 is 1.44. The highest BCUT2D eigenvalue weighted by atomic mass is 32.2. The lowest BCUT2D eigenvalue weighted by Crippen LogP contribution is -2.36. The Morgan fingerprint density at radius 2 is 1.93 bits per heavy atom. The van der Waals surface area contributed by atoms with Crippen LogP contribution in [0.3, 0.4) is 0 Å². The van der Waals surface area contributed by atoms with E-state index >= 15 is 0 Å². The first-order valence-electron chi connectivity index (χ1n) is 9.47. The minimum absolute atomic E-state index is 0.108. The molecule has 0 saturated heterocycles. The van der Waals surface area contributed by atoms with Gasteiger partial charge in [0.2, 0.25) is 5.91 Å². The quantitative estimate of drug-likeness (QED) is 0.529. The van der Waals surface area contributed by atoms with Gasteiger partial charge >= 0.3 is 0 Å². The highest BCUT2D eigenvalue weighted by Gasteiger charge is 2.23. The van der Waals surface area contributed by atoms with Crippen molar-refractivity contribution in [3.05, 3.63) is 54.1 Å². The fraction of sp³-hybridized carbons (Fsp3) is 0.286. The van der Waals surface area contributed by atoms with E-state index in [1.165, 1.54) is 17.3 Å². The van der Waals surface area contributed by atoms with Crippen LogP contribution in [0.4, 0.5) is 11.4 Å². The second-order valence-corrected chi connectivity index (χ2v) is 7.68. The normalized spacial score (nSPS) is 13.4. The molecule has 2 heterocycles. The molecule has 0 bridgehead atoms. The molecule has 28 heavy (non-hydrogen) atoms. The molecule has 0 saturated carbocycles. The van der Waals surface area contributed by atoms with E-state index in [9.17, 15) is 4.79 Å². The number of thioether (sulfide) groups is 1. The highest BCUT2D eigenvalue weighted by Crippen LogP contribution is 2.29. The molecule has 1 amide bonds. The second kappa shape index (κ2) is 8.06. The molecule has 3 aromatic rings. The fourth-order valence-corrected chi connectivity index (χ4v) is 4.40. The van der Waals surface area contributed by atoms with Crippen molar-refractivity contribution in [2.24, 2.45) is 0 Å². The van der Waals surface area contributed by atoms with Gasteiger partial charge in [-0.2, -0.15) is 0 Å². The molecule has 1 aliphatic rings. The van der Waals surface area contributed by atoms with Crippen molar-refractivity contribution in [2.75, 3.05) is 22.9 Å². The first-order valence-corrected chi connectivity index (χ1v) is 10.5. The van der Waals surface area contributed by atoms with Gasteiger partial charge in [-0.05, 0) is 55.7 Å². The number of nitrogens with zero attached hydrogens (tertiary/aromatic N) is 4. The summed E-state index contributed by atoms with van der Waals surface area (Å²) in [4.78, 5) is 14.8. The topological polar surface area (TPSA) is 77.0 Å². The molecule has 6 nitrogen and oxygen atoms in total. The van der Waals surface area contributed by atoms with Crippen molar-refractivity contribution in [3.63, 3.8) is 0 Å². The van der Waals surface area contributed by atoms with E-state index in [0.717, 1.165) is 48.2 Å². The summed E-state index contributed by atoms with van der Waals surface area (Å²) in [5.74, 6) is 1.24. The number of aryl methyl sites for hydroxylation is 1. The number of carbonyl (C=O) groups is 1. The number of hydrogen-bond donors (Lipinski definition) is 1. The third-order valence-corrected chi connectivity index (χ3v) is 5.89. The number of rotatable bonds is 5. The molecule has 0 radical (unpaired) electrons. The molecule has 2 aromatic carbocycles. The minimum Gasteiger partial charge on any atom is -0.399 e. The number of aromatic nitrogens is 3. The molecular weight excluding hydrogens is 370 g/mol. The third-order valence-electron chi connectivity index (χ3n) is 4.94. The largest absolute Gasteiger partial charge is 0.399 e. The predicted octanol–water partition coefficient (Wildman–Crippen LogP) is 3.62. The van der Waals surface area contributed by atoms with Crippen molar-refractivity contribution in [3.8, 4) is 11.4 Å². The van der Waals surface area contributed by atoms with E-state index in [1.54, 1.807) is 0 Å². The van der Waals surface area contributed by atoms with Gasteiger partial charge in [0.15, 0.2) is 11.0 Å². The summed E-state index contributed by atoms with van der Waals surface area (Å²) in [6.07, 6.45) is 2.03. The molecule has 2 N–H and O–H groups in total. The number of hydrogen-bond acceptors (Lipinski definition) is 5. The van der Waals surface area contributed by atoms with Crippen LogP contribution in [0.15, 0.2) is 53.7 Å². The lowest BCUT2D eigenvalue weighted by Gasteiger charge is -2.29. The first kappa shape index (κ1) is 18.6. The second-order valence-electron chi connectivity index (χ2n) is 6.74. The van der Waals surface area contributed by atoms with Gasteiger partial charge in [0.05, 0.1) is 5.75 Å². The van der Waals surface area contributed by atoms with Crippen LogP contribution in [0.1, 0.15) is 18.9 Å². The van der Waals surface area contributed by atoms with Crippen LogP contribution in [-0.4, -0.2) is 33.0 Å². The first-order chi connectivity index (χ1) is 13.7. The number of nitrogen functional groups attached to an aromatic ring is 1. The number of nitrogens with two attached hydrogens (primary N) is 1. The molecule has 144 valence electrons. The van der Waals surface area contributed by atoms with Crippen LogP contribution < -0.4 is 10.6 Å². The molecular formula is C21H23N5OS. The third kappa shape index (κ3) is 3.62. The highest BCUT2D eigenvalue weighted by molar-refractivity contribution is 7.99. The molecule has 0 unspecified atom stereocenters. The summed E-state index contributed by atoms with van der Waals surface area (Å²) in [7, 11) is 0. The molecule has 4 rings (SSSR count). The smallest absolute Gasteiger partial charge is 0.237 e. The zero-order chi connectivity index (χ0) is 19.5. The van der Waals surface area contributed by atoms with Crippen molar-refractivity contribution in [2.45, 2.75) is 31.5 Å². The van der Waals surface area contributed by atoms with E-state index in [1.807, 2.05) is 51.9 Å². The van der Waals surface area contributed by atoms with E-state index < -0.39 is 0 Å². The maximum absolute atomic E-state index is 12.9. The van der Waals surface area contributed by atoms with Crippen molar-refractivity contribution in [1.82, 2.24) is 14.8 Å². The van der Waals surface area contributed by atoms with Gasteiger partial charge in [0, 0.05) is 30.0 Å². The van der Waals surface area contributed by atoms with Crippen molar-refractivity contribution in [1.29, 1.82) is 0 Å². The Morgan fingerprint density at radius 1 is 1.14 bits per heavy atom. The Kier molecular flexibility index (Phi) is 5.34. The van der Waals surface area contributed by atoms with Gasteiger partial charge in [-0.1, -0.05) is 30.0 Å². The minimum atomic E-state index is 0.108. The van der Waals surface area contributed by atoms with Crippen LogP contribution in [0.5, 0.6) is 0 Å².